The van der Waals surface area contributed by atoms with Crippen molar-refractivity contribution in [1.82, 2.24) is 14.8 Å². The number of hydrogen-bond donors (Lipinski definition) is 0. The van der Waals surface area contributed by atoms with Crippen LogP contribution in [0.2, 0.25) is 5.02 Å². The summed E-state index contributed by atoms with van der Waals surface area (Å²) in [5.74, 6) is 0.592. The van der Waals surface area contributed by atoms with Gasteiger partial charge in [-0.05, 0) is 30.5 Å². The highest BCUT2D eigenvalue weighted by molar-refractivity contribution is 8.13. The maximum absolute atomic E-state index is 11.6. The highest BCUT2D eigenvalue weighted by Gasteiger charge is 2.24. The van der Waals surface area contributed by atoms with Gasteiger partial charge in [0.2, 0.25) is 0 Å². The van der Waals surface area contributed by atoms with Gasteiger partial charge < -0.3 is 0 Å². The van der Waals surface area contributed by atoms with Gasteiger partial charge in [-0.1, -0.05) is 31.5 Å². The fourth-order valence-electron chi connectivity index (χ4n) is 2.00. The molecular formula is C13H15Cl2N3O2S. The first-order valence-corrected chi connectivity index (χ1v) is 9.03. The molecule has 0 N–H and O–H groups in total. The predicted molar refractivity (Wildman–Crippen MR) is 83.1 cm³/mol. The molecule has 0 amide bonds. The Labute approximate surface area is 133 Å². The Morgan fingerprint density at radius 1 is 1.29 bits per heavy atom. The van der Waals surface area contributed by atoms with E-state index in [1.807, 2.05) is 26.8 Å². The Bertz CT molecular complexity index is 770. The minimum atomic E-state index is -3.97. The van der Waals surface area contributed by atoms with Gasteiger partial charge >= 0.3 is 0 Å². The zero-order valence-electron chi connectivity index (χ0n) is 11.8. The van der Waals surface area contributed by atoms with Gasteiger partial charge in [0.15, 0.2) is 5.82 Å². The third kappa shape index (κ3) is 3.56. The molecule has 0 saturated heterocycles. The average Bonchev–Trinajstić information content (AvgIpc) is 2.71. The molecule has 0 saturated carbocycles. The molecule has 114 valence electrons. The second kappa shape index (κ2) is 5.94. The lowest BCUT2D eigenvalue weighted by atomic mass is 10.1. The molecule has 0 aliphatic carbocycles. The van der Waals surface area contributed by atoms with Crippen LogP contribution >= 0.6 is 22.3 Å². The summed E-state index contributed by atoms with van der Waals surface area (Å²) in [4.78, 5) is 0. The number of nitrogens with zero attached hydrogens (tertiary/aromatic N) is 3. The van der Waals surface area contributed by atoms with Gasteiger partial charge in [-0.15, -0.1) is 10.2 Å². The molecule has 5 nitrogen and oxygen atoms in total. The van der Waals surface area contributed by atoms with E-state index in [0.717, 1.165) is 5.56 Å². The number of aryl methyl sites for hydroxylation is 1. The van der Waals surface area contributed by atoms with Crippen LogP contribution in [0, 0.1) is 12.8 Å². The lowest BCUT2D eigenvalue weighted by molar-refractivity contribution is 0.488. The molecular weight excluding hydrogens is 333 g/mol. The van der Waals surface area contributed by atoms with Gasteiger partial charge in [-0.25, -0.2) is 8.42 Å². The second-order valence-electron chi connectivity index (χ2n) is 5.23. The maximum Gasteiger partial charge on any atom is 0.296 e. The van der Waals surface area contributed by atoms with E-state index in [2.05, 4.69) is 10.2 Å². The van der Waals surface area contributed by atoms with Gasteiger partial charge in [0.25, 0.3) is 14.2 Å². The molecule has 2 aromatic rings. The molecule has 0 radical (unpaired) electrons. The van der Waals surface area contributed by atoms with Crippen molar-refractivity contribution in [1.29, 1.82) is 0 Å². The van der Waals surface area contributed by atoms with Crippen molar-refractivity contribution in [2.24, 2.45) is 5.92 Å². The zero-order valence-corrected chi connectivity index (χ0v) is 14.2. The highest BCUT2D eigenvalue weighted by Crippen LogP contribution is 2.30. The molecule has 0 spiro atoms. The van der Waals surface area contributed by atoms with Gasteiger partial charge in [0.05, 0.1) is 5.02 Å². The monoisotopic (exact) mass is 347 g/mol. The third-order valence-corrected chi connectivity index (χ3v) is 4.31. The largest absolute Gasteiger partial charge is 0.297 e. The van der Waals surface area contributed by atoms with Crippen molar-refractivity contribution >= 4 is 31.3 Å². The summed E-state index contributed by atoms with van der Waals surface area (Å²) in [5.41, 5.74) is 1.63. The van der Waals surface area contributed by atoms with Crippen LogP contribution in [-0.4, -0.2) is 23.2 Å². The maximum atomic E-state index is 11.6. The van der Waals surface area contributed by atoms with Crippen molar-refractivity contribution in [3.63, 3.8) is 0 Å². The van der Waals surface area contributed by atoms with E-state index >= 15 is 0 Å². The van der Waals surface area contributed by atoms with Crippen molar-refractivity contribution in [2.75, 3.05) is 0 Å². The highest BCUT2D eigenvalue weighted by atomic mass is 35.7. The van der Waals surface area contributed by atoms with E-state index in [9.17, 15) is 8.42 Å². The van der Waals surface area contributed by atoms with E-state index in [4.69, 9.17) is 22.3 Å². The number of hydrogen-bond acceptors (Lipinski definition) is 4. The Hall–Kier alpha value is -1.11. The molecule has 1 aromatic heterocycles. The first kappa shape index (κ1) is 16.3. The topological polar surface area (TPSA) is 64.8 Å². The zero-order chi connectivity index (χ0) is 15.8. The number of halogens is 2. The van der Waals surface area contributed by atoms with E-state index in [0.29, 0.717) is 23.0 Å². The van der Waals surface area contributed by atoms with Crippen LogP contribution in [0.15, 0.2) is 23.4 Å². The van der Waals surface area contributed by atoms with Gasteiger partial charge in [-0.2, -0.15) is 0 Å². The standard InChI is InChI=1S/C13H15Cl2N3O2S/c1-8(2)7-18-12(16-17-13(18)21(15,19)20)10-5-4-9(3)6-11(10)14/h4-6,8H,7H2,1-3H3. The first-order chi connectivity index (χ1) is 9.70. The summed E-state index contributed by atoms with van der Waals surface area (Å²) in [7, 11) is 1.46. The van der Waals surface area contributed by atoms with E-state index in [1.54, 1.807) is 12.1 Å². The summed E-state index contributed by atoms with van der Waals surface area (Å²) in [5, 5.41) is 7.91. The third-order valence-electron chi connectivity index (χ3n) is 2.85. The van der Waals surface area contributed by atoms with Crippen molar-refractivity contribution in [3.05, 3.63) is 28.8 Å². The van der Waals surface area contributed by atoms with Crippen molar-refractivity contribution < 1.29 is 8.42 Å². The summed E-state index contributed by atoms with van der Waals surface area (Å²) in [6.45, 7) is 6.27. The molecule has 0 bridgehead atoms. The Balaban J connectivity index is 2.66. The van der Waals surface area contributed by atoms with Gasteiger partial charge in [0, 0.05) is 22.8 Å². The lowest BCUT2D eigenvalue weighted by Crippen LogP contribution is -2.12. The van der Waals surface area contributed by atoms with Crippen LogP contribution in [0.1, 0.15) is 19.4 Å². The Morgan fingerprint density at radius 2 is 1.95 bits per heavy atom. The smallest absolute Gasteiger partial charge is 0.296 e. The first-order valence-electron chi connectivity index (χ1n) is 6.34. The number of aromatic nitrogens is 3. The average molecular weight is 348 g/mol. The molecule has 21 heavy (non-hydrogen) atoms. The fraction of sp³-hybridized carbons (Fsp3) is 0.385. The summed E-state index contributed by atoms with van der Waals surface area (Å²) < 4.78 is 24.7. The van der Waals surface area contributed by atoms with E-state index in [-0.39, 0.29) is 11.1 Å². The summed E-state index contributed by atoms with van der Waals surface area (Å²) in [6.07, 6.45) is 0. The van der Waals surface area contributed by atoms with E-state index in [1.165, 1.54) is 4.57 Å². The Kier molecular flexibility index (Phi) is 4.60. The fourth-order valence-corrected chi connectivity index (χ4v) is 3.22. The van der Waals surface area contributed by atoms with Crippen LogP contribution in [0.3, 0.4) is 0 Å². The van der Waals surface area contributed by atoms with Gasteiger partial charge in [-0.3, -0.25) is 4.57 Å². The van der Waals surface area contributed by atoms with Crippen molar-refractivity contribution in [3.8, 4) is 11.4 Å². The van der Waals surface area contributed by atoms with Crippen LogP contribution in [-0.2, 0) is 15.6 Å². The van der Waals surface area contributed by atoms with Crippen molar-refractivity contribution in [2.45, 2.75) is 32.5 Å². The molecule has 0 atom stereocenters. The summed E-state index contributed by atoms with van der Waals surface area (Å²) >= 11 is 6.23. The predicted octanol–water partition coefficient (Wildman–Crippen LogP) is 3.49. The van der Waals surface area contributed by atoms with Crippen LogP contribution < -0.4 is 0 Å². The Morgan fingerprint density at radius 3 is 2.48 bits per heavy atom. The van der Waals surface area contributed by atoms with Crippen LogP contribution in [0.4, 0.5) is 0 Å². The van der Waals surface area contributed by atoms with E-state index < -0.39 is 9.05 Å². The molecule has 2 rings (SSSR count). The second-order valence-corrected chi connectivity index (χ2v) is 8.10. The van der Waals surface area contributed by atoms with Crippen LogP contribution in [0.25, 0.3) is 11.4 Å². The number of benzene rings is 1. The molecule has 0 aliphatic heterocycles. The molecule has 1 aromatic carbocycles. The number of rotatable bonds is 4. The SMILES string of the molecule is Cc1ccc(-c2nnc(S(=O)(=O)Cl)n2CC(C)C)c(Cl)c1. The molecule has 0 aliphatic rings. The molecule has 8 heteroatoms. The minimum absolute atomic E-state index is 0.196. The molecule has 1 heterocycles. The summed E-state index contributed by atoms with van der Waals surface area (Å²) in [6, 6.07) is 5.47. The minimum Gasteiger partial charge on any atom is -0.297 e. The lowest BCUT2D eigenvalue weighted by Gasteiger charge is -2.12. The molecule has 0 unspecified atom stereocenters. The van der Waals surface area contributed by atoms with Crippen LogP contribution in [0.5, 0.6) is 0 Å². The normalized spacial score (nSPS) is 12.1. The molecule has 0 fully saturated rings. The van der Waals surface area contributed by atoms with Gasteiger partial charge in [0.1, 0.15) is 0 Å². The quantitative estimate of drug-likeness (QED) is 0.794.